The van der Waals surface area contributed by atoms with Gasteiger partial charge in [0, 0.05) is 40.2 Å². The molecule has 4 aromatic rings. The van der Waals surface area contributed by atoms with E-state index >= 15 is 0 Å². The first kappa shape index (κ1) is 25.2. The summed E-state index contributed by atoms with van der Waals surface area (Å²) in [6.07, 6.45) is 2.62. The highest BCUT2D eigenvalue weighted by atomic mass is 16.6. The van der Waals surface area contributed by atoms with Crippen LogP contribution in [0.1, 0.15) is 63.1 Å². The minimum atomic E-state index is -0.910. The number of pyridine rings is 2. The fraction of sp³-hybridized carbons (Fsp3) is 0.387. The van der Waals surface area contributed by atoms with Crippen LogP contribution in [0.25, 0.3) is 32.9 Å². The summed E-state index contributed by atoms with van der Waals surface area (Å²) >= 11 is 0. The van der Waals surface area contributed by atoms with Crippen molar-refractivity contribution in [1.29, 1.82) is 0 Å². The monoisotopic (exact) mass is 498 g/mol. The normalized spacial score (nSPS) is 14.0. The third-order valence-electron chi connectivity index (χ3n) is 6.73. The number of aryl methyl sites for hydroxylation is 2. The van der Waals surface area contributed by atoms with Crippen molar-refractivity contribution in [3.8, 4) is 16.9 Å². The number of ether oxygens (including phenoxy) is 3. The fourth-order valence-corrected chi connectivity index (χ4v) is 5.19. The average molecular weight is 499 g/mol. The predicted molar refractivity (Wildman–Crippen MR) is 146 cm³/mol. The molecule has 3 heterocycles. The van der Waals surface area contributed by atoms with Crippen molar-refractivity contribution in [2.45, 2.75) is 66.1 Å². The highest BCUT2D eigenvalue weighted by Gasteiger charge is 2.34. The Morgan fingerprint density at radius 3 is 2.68 bits per heavy atom. The summed E-state index contributed by atoms with van der Waals surface area (Å²) in [5, 5.41) is 1.97. The lowest BCUT2D eigenvalue weighted by Crippen LogP contribution is -2.29. The van der Waals surface area contributed by atoms with E-state index in [1.165, 1.54) is 5.56 Å². The van der Waals surface area contributed by atoms with Crippen molar-refractivity contribution in [2.75, 3.05) is 13.2 Å². The van der Waals surface area contributed by atoms with E-state index in [1.807, 2.05) is 59.0 Å². The van der Waals surface area contributed by atoms with Gasteiger partial charge in [0.25, 0.3) is 0 Å². The Balaban J connectivity index is 1.89. The number of carbonyl (C=O) groups is 1. The number of aromatic nitrogens is 2. The maximum Gasteiger partial charge on any atom is 0.339 e. The highest BCUT2D eigenvalue weighted by molar-refractivity contribution is 6.08. The van der Waals surface area contributed by atoms with Crippen LogP contribution in [0.5, 0.6) is 5.75 Å². The molecule has 37 heavy (non-hydrogen) atoms. The lowest BCUT2D eigenvalue weighted by molar-refractivity contribution is -0.166. The van der Waals surface area contributed by atoms with Gasteiger partial charge in [-0.25, -0.2) is 4.79 Å². The molecule has 0 saturated carbocycles. The van der Waals surface area contributed by atoms with Crippen molar-refractivity contribution in [1.82, 2.24) is 9.97 Å². The third-order valence-corrected chi connectivity index (χ3v) is 6.73. The quantitative estimate of drug-likeness (QED) is 0.276. The van der Waals surface area contributed by atoms with Gasteiger partial charge in [-0.15, -0.1) is 0 Å². The first-order chi connectivity index (χ1) is 17.7. The van der Waals surface area contributed by atoms with E-state index in [0.29, 0.717) is 6.61 Å². The zero-order valence-electron chi connectivity index (χ0n) is 22.5. The Morgan fingerprint density at radius 1 is 1.14 bits per heavy atom. The van der Waals surface area contributed by atoms with Crippen LogP contribution in [-0.4, -0.2) is 34.8 Å². The molecular formula is C31H34N2O4. The zero-order valence-corrected chi connectivity index (χ0v) is 22.5. The van der Waals surface area contributed by atoms with E-state index in [-0.39, 0.29) is 6.61 Å². The topological polar surface area (TPSA) is 70.5 Å². The Labute approximate surface area is 218 Å². The molecule has 6 nitrogen and oxygen atoms in total. The Kier molecular flexibility index (Phi) is 6.63. The average Bonchev–Trinajstić information content (AvgIpc) is 2.87. The molecule has 1 aliphatic heterocycles. The molecule has 1 aliphatic rings. The smallest absolute Gasteiger partial charge is 0.339 e. The molecule has 2 aromatic carbocycles. The van der Waals surface area contributed by atoms with Crippen molar-refractivity contribution in [3.05, 3.63) is 65.0 Å². The minimum Gasteiger partial charge on any atom is -0.493 e. The first-order valence-corrected chi connectivity index (χ1v) is 13.0. The van der Waals surface area contributed by atoms with Crippen LogP contribution in [0.4, 0.5) is 0 Å². The number of benzene rings is 2. The van der Waals surface area contributed by atoms with Gasteiger partial charge >= 0.3 is 5.97 Å². The Bertz CT molecular complexity index is 1490. The van der Waals surface area contributed by atoms with Gasteiger partial charge in [0.15, 0.2) is 6.10 Å². The summed E-state index contributed by atoms with van der Waals surface area (Å²) in [5.41, 5.74) is 6.90. The maximum absolute atomic E-state index is 13.4. The second-order valence-electron chi connectivity index (χ2n) is 10.5. The lowest BCUT2D eigenvalue weighted by atomic mass is 9.86. The van der Waals surface area contributed by atoms with Crippen LogP contribution in [0.3, 0.4) is 0 Å². The van der Waals surface area contributed by atoms with E-state index in [1.54, 1.807) is 0 Å². The number of nitrogens with zero attached hydrogens (tertiary/aromatic N) is 2. The molecule has 0 unspecified atom stereocenters. The minimum absolute atomic E-state index is 0.270. The van der Waals surface area contributed by atoms with Crippen LogP contribution in [0.15, 0.2) is 42.6 Å². The second kappa shape index (κ2) is 9.75. The van der Waals surface area contributed by atoms with E-state index in [4.69, 9.17) is 24.2 Å². The van der Waals surface area contributed by atoms with Gasteiger partial charge in [0.05, 0.1) is 29.8 Å². The van der Waals surface area contributed by atoms with E-state index in [9.17, 15) is 4.79 Å². The third kappa shape index (κ3) is 4.66. The van der Waals surface area contributed by atoms with Crippen LogP contribution < -0.4 is 4.74 Å². The van der Waals surface area contributed by atoms with Gasteiger partial charge in [-0.2, -0.15) is 0 Å². The van der Waals surface area contributed by atoms with Crippen molar-refractivity contribution >= 4 is 27.8 Å². The van der Waals surface area contributed by atoms with Crippen molar-refractivity contribution in [2.24, 2.45) is 0 Å². The molecule has 0 bridgehead atoms. The Morgan fingerprint density at radius 2 is 1.95 bits per heavy atom. The zero-order chi connectivity index (χ0) is 26.3. The molecule has 0 saturated heterocycles. The van der Waals surface area contributed by atoms with E-state index in [2.05, 4.69) is 25.1 Å². The van der Waals surface area contributed by atoms with Crippen LogP contribution in [0.2, 0.25) is 0 Å². The molecule has 1 atom stereocenters. The first-order valence-electron chi connectivity index (χ1n) is 13.0. The number of hydrogen-bond acceptors (Lipinski definition) is 6. The molecule has 0 radical (unpaired) electrons. The van der Waals surface area contributed by atoms with Crippen LogP contribution in [0, 0.1) is 6.92 Å². The summed E-state index contributed by atoms with van der Waals surface area (Å²) < 4.78 is 18.0. The molecule has 0 spiro atoms. The lowest BCUT2D eigenvalue weighted by Gasteiger charge is -2.30. The van der Waals surface area contributed by atoms with Crippen molar-refractivity contribution in [3.63, 3.8) is 0 Å². The molecule has 0 fully saturated rings. The summed E-state index contributed by atoms with van der Waals surface area (Å²) in [6, 6.07) is 12.3. The molecular weight excluding hydrogens is 464 g/mol. The standard InChI is InChI=1S/C31H34N2O4/c1-7-20-9-10-21-23(33-20)17-18(3)25(29(30(34)35-8-2)37-31(4,5)6)27(21)22-11-12-24-26-19(14-16-36-24)13-15-32-28(22)26/h9-13,15,17,29H,7-8,14,16H2,1-6H3/t29-/m0/s1. The van der Waals surface area contributed by atoms with Gasteiger partial charge in [-0.3, -0.25) is 9.97 Å². The van der Waals surface area contributed by atoms with Crippen LogP contribution >= 0.6 is 0 Å². The SMILES string of the molecule is CCOC(=O)[C@@H](OC(C)(C)C)c1c(C)cc2nc(CC)ccc2c1-c1ccc2c3c(ccnc13)CCO2. The molecule has 5 rings (SSSR count). The molecule has 0 N–H and O–H groups in total. The second-order valence-corrected chi connectivity index (χ2v) is 10.5. The van der Waals surface area contributed by atoms with E-state index in [0.717, 1.165) is 68.3 Å². The molecule has 2 aromatic heterocycles. The molecule has 6 heteroatoms. The number of esters is 1. The van der Waals surface area contributed by atoms with E-state index < -0.39 is 17.7 Å². The summed E-state index contributed by atoms with van der Waals surface area (Å²) in [5.74, 6) is 0.434. The highest BCUT2D eigenvalue weighted by Crippen LogP contribution is 2.45. The predicted octanol–water partition coefficient (Wildman–Crippen LogP) is 6.68. The largest absolute Gasteiger partial charge is 0.493 e. The molecule has 192 valence electrons. The number of rotatable bonds is 6. The summed E-state index contributed by atoms with van der Waals surface area (Å²) in [4.78, 5) is 23.2. The number of hydrogen-bond donors (Lipinski definition) is 0. The fourth-order valence-electron chi connectivity index (χ4n) is 5.19. The van der Waals surface area contributed by atoms with Gasteiger partial charge in [0.2, 0.25) is 0 Å². The molecule has 0 amide bonds. The van der Waals surface area contributed by atoms with Gasteiger partial charge < -0.3 is 14.2 Å². The summed E-state index contributed by atoms with van der Waals surface area (Å²) in [7, 11) is 0. The maximum atomic E-state index is 13.4. The number of fused-ring (bicyclic) bond motifs is 1. The summed E-state index contributed by atoms with van der Waals surface area (Å²) in [6.45, 7) is 12.7. The van der Waals surface area contributed by atoms with Gasteiger partial charge in [-0.05, 0) is 88.1 Å². The van der Waals surface area contributed by atoms with Gasteiger partial charge in [0.1, 0.15) is 5.75 Å². The van der Waals surface area contributed by atoms with Crippen molar-refractivity contribution < 1.29 is 19.0 Å². The number of carbonyl (C=O) groups excluding carboxylic acids is 1. The van der Waals surface area contributed by atoms with Gasteiger partial charge in [-0.1, -0.05) is 13.0 Å². The Hall–Kier alpha value is -3.51. The van der Waals surface area contributed by atoms with Crippen LogP contribution in [-0.2, 0) is 27.1 Å². The molecule has 0 aliphatic carbocycles.